The summed E-state index contributed by atoms with van der Waals surface area (Å²) in [4.78, 5) is 16.7. The van der Waals surface area contributed by atoms with Gasteiger partial charge in [-0.15, -0.1) is 6.42 Å². The van der Waals surface area contributed by atoms with Crippen molar-refractivity contribution < 1.29 is 9.53 Å². The fraction of sp³-hybridized carbons (Fsp3) is 0.600. The second kappa shape index (κ2) is 3.91. The third-order valence-electron chi connectivity index (χ3n) is 2.78. The smallest absolute Gasteiger partial charge is 0.346 e. The topological polar surface area (TPSA) is 67.9 Å². The van der Waals surface area contributed by atoms with Gasteiger partial charge in [0.2, 0.25) is 0 Å². The van der Waals surface area contributed by atoms with E-state index < -0.39 is 0 Å². The van der Waals surface area contributed by atoms with Gasteiger partial charge in [-0.25, -0.2) is 4.79 Å². The minimum atomic E-state index is -0.331. The number of hydrogen-bond donors (Lipinski definition) is 1. The number of carbonyl (C=O) groups is 1. The highest BCUT2D eigenvalue weighted by Gasteiger charge is 2.39. The van der Waals surface area contributed by atoms with Crippen molar-refractivity contribution in [3.63, 3.8) is 0 Å². The summed E-state index contributed by atoms with van der Waals surface area (Å²) in [5, 5.41) is 0. The predicted molar refractivity (Wildman–Crippen MR) is 55.3 cm³/mol. The average molecular weight is 207 g/mol. The number of nitrogens with two attached hydrogens (primary N) is 1. The van der Waals surface area contributed by atoms with Gasteiger partial charge in [-0.3, -0.25) is 0 Å². The molecular formula is C10H13N3O2. The first kappa shape index (κ1) is 9.99. The number of rotatable bonds is 2. The fourth-order valence-electron chi connectivity index (χ4n) is 2.08. The molecule has 2 unspecified atom stereocenters. The molecule has 0 saturated carbocycles. The lowest BCUT2D eigenvalue weighted by Gasteiger charge is -2.26. The van der Waals surface area contributed by atoms with E-state index in [0.29, 0.717) is 19.0 Å². The molecule has 80 valence electrons. The van der Waals surface area contributed by atoms with Gasteiger partial charge in [0.05, 0.1) is 19.2 Å². The summed E-state index contributed by atoms with van der Waals surface area (Å²) < 4.78 is 5.28. The SMILES string of the molecule is C#CCN1C(=O)N=C(N)C1C1CCOC1. The number of ether oxygens (including phenoxy) is 1. The summed E-state index contributed by atoms with van der Waals surface area (Å²) in [6.07, 6.45) is 6.11. The Balaban J connectivity index is 2.16. The van der Waals surface area contributed by atoms with E-state index in [9.17, 15) is 4.79 Å². The molecule has 0 radical (unpaired) electrons. The van der Waals surface area contributed by atoms with Crippen molar-refractivity contribution >= 4 is 11.9 Å². The van der Waals surface area contributed by atoms with Crippen molar-refractivity contribution in [2.24, 2.45) is 16.6 Å². The fourth-order valence-corrected chi connectivity index (χ4v) is 2.08. The van der Waals surface area contributed by atoms with Crippen molar-refractivity contribution in [1.29, 1.82) is 0 Å². The number of amides is 2. The molecule has 0 aromatic carbocycles. The van der Waals surface area contributed by atoms with E-state index in [1.807, 2.05) is 0 Å². The maximum atomic E-state index is 11.5. The van der Waals surface area contributed by atoms with Crippen LogP contribution in [0.4, 0.5) is 4.79 Å². The Morgan fingerprint density at radius 2 is 2.53 bits per heavy atom. The molecule has 5 heteroatoms. The first-order valence-electron chi connectivity index (χ1n) is 4.90. The Labute approximate surface area is 88.3 Å². The molecule has 0 aromatic rings. The van der Waals surface area contributed by atoms with Crippen LogP contribution in [0.15, 0.2) is 4.99 Å². The Kier molecular flexibility index (Phi) is 2.60. The van der Waals surface area contributed by atoms with Crippen LogP contribution in [0.5, 0.6) is 0 Å². The Morgan fingerprint density at radius 3 is 3.13 bits per heavy atom. The number of urea groups is 1. The van der Waals surface area contributed by atoms with Crippen LogP contribution in [0.3, 0.4) is 0 Å². The number of carbonyl (C=O) groups excluding carboxylic acids is 1. The molecule has 0 bridgehead atoms. The maximum Gasteiger partial charge on any atom is 0.346 e. The normalized spacial score (nSPS) is 30.5. The standard InChI is InChI=1S/C10H13N3O2/c1-2-4-13-8(7-3-5-15-6-7)9(11)12-10(13)14/h1,7-8H,3-6H2,(H2,11,12,14). The zero-order chi connectivity index (χ0) is 10.8. The van der Waals surface area contributed by atoms with E-state index in [0.717, 1.165) is 6.42 Å². The van der Waals surface area contributed by atoms with Gasteiger partial charge in [0, 0.05) is 12.5 Å². The van der Waals surface area contributed by atoms with E-state index in [1.165, 1.54) is 4.90 Å². The summed E-state index contributed by atoms with van der Waals surface area (Å²) in [5.74, 6) is 3.05. The zero-order valence-corrected chi connectivity index (χ0v) is 8.35. The average Bonchev–Trinajstić information content (AvgIpc) is 2.77. The van der Waals surface area contributed by atoms with E-state index in [1.54, 1.807) is 0 Å². The molecule has 2 heterocycles. The van der Waals surface area contributed by atoms with Crippen molar-refractivity contribution in [2.45, 2.75) is 12.5 Å². The lowest BCUT2D eigenvalue weighted by atomic mass is 9.97. The monoisotopic (exact) mass is 207 g/mol. The molecule has 2 aliphatic heterocycles. The molecule has 0 aliphatic carbocycles. The minimum absolute atomic E-state index is 0.170. The highest BCUT2D eigenvalue weighted by Crippen LogP contribution is 2.25. The predicted octanol–water partition coefficient (Wildman–Crippen LogP) is -0.182. The number of aliphatic imine (C=N–C) groups is 1. The van der Waals surface area contributed by atoms with Gasteiger partial charge in [0.25, 0.3) is 0 Å². The van der Waals surface area contributed by atoms with Gasteiger partial charge in [-0.05, 0) is 6.42 Å². The number of nitrogens with zero attached hydrogens (tertiary/aromatic N) is 2. The summed E-state index contributed by atoms with van der Waals surface area (Å²) in [6, 6.07) is -0.501. The van der Waals surface area contributed by atoms with Crippen LogP contribution in [0.1, 0.15) is 6.42 Å². The summed E-state index contributed by atoms with van der Waals surface area (Å²) in [6.45, 7) is 1.59. The second-order valence-corrected chi connectivity index (χ2v) is 3.72. The van der Waals surface area contributed by atoms with Crippen LogP contribution in [-0.2, 0) is 4.74 Å². The van der Waals surface area contributed by atoms with Crippen LogP contribution < -0.4 is 5.73 Å². The van der Waals surface area contributed by atoms with Gasteiger partial charge in [-0.1, -0.05) is 5.92 Å². The van der Waals surface area contributed by atoms with E-state index in [2.05, 4.69) is 10.9 Å². The largest absolute Gasteiger partial charge is 0.385 e. The molecule has 1 saturated heterocycles. The number of amidine groups is 1. The van der Waals surface area contributed by atoms with Crippen molar-refractivity contribution in [3.8, 4) is 12.3 Å². The zero-order valence-electron chi connectivity index (χ0n) is 8.35. The maximum absolute atomic E-state index is 11.5. The van der Waals surface area contributed by atoms with E-state index in [4.69, 9.17) is 16.9 Å². The first-order valence-corrected chi connectivity index (χ1v) is 4.90. The van der Waals surface area contributed by atoms with Crippen molar-refractivity contribution in [1.82, 2.24) is 4.90 Å². The lowest BCUT2D eigenvalue weighted by molar-refractivity contribution is 0.164. The van der Waals surface area contributed by atoms with Crippen LogP contribution in [0, 0.1) is 18.3 Å². The molecule has 1 fully saturated rings. The molecule has 5 nitrogen and oxygen atoms in total. The molecule has 2 amide bonds. The molecule has 0 aromatic heterocycles. The Morgan fingerprint density at radius 1 is 1.73 bits per heavy atom. The Bertz CT molecular complexity index is 339. The van der Waals surface area contributed by atoms with Crippen LogP contribution in [0.2, 0.25) is 0 Å². The summed E-state index contributed by atoms with van der Waals surface area (Å²) in [5.41, 5.74) is 5.73. The van der Waals surface area contributed by atoms with Gasteiger partial charge in [0.1, 0.15) is 5.84 Å². The quantitative estimate of drug-likeness (QED) is 0.638. The second-order valence-electron chi connectivity index (χ2n) is 3.72. The first-order chi connectivity index (χ1) is 7.24. The van der Waals surface area contributed by atoms with Crippen molar-refractivity contribution in [3.05, 3.63) is 0 Å². The molecule has 2 aliphatic rings. The van der Waals surface area contributed by atoms with Crippen LogP contribution in [0.25, 0.3) is 0 Å². The van der Waals surface area contributed by atoms with Gasteiger partial charge < -0.3 is 15.4 Å². The lowest BCUT2D eigenvalue weighted by Crippen LogP contribution is -2.46. The molecule has 2 atom stereocenters. The van der Waals surface area contributed by atoms with Crippen LogP contribution in [-0.4, -0.2) is 42.6 Å². The van der Waals surface area contributed by atoms with Gasteiger partial charge in [0.15, 0.2) is 0 Å². The summed E-state index contributed by atoms with van der Waals surface area (Å²) in [7, 11) is 0. The third-order valence-corrected chi connectivity index (χ3v) is 2.78. The molecule has 2 rings (SSSR count). The van der Waals surface area contributed by atoms with Gasteiger partial charge >= 0.3 is 6.03 Å². The molecular weight excluding hydrogens is 194 g/mol. The van der Waals surface area contributed by atoms with Crippen LogP contribution >= 0.6 is 0 Å². The highest BCUT2D eigenvalue weighted by molar-refractivity contribution is 6.03. The molecule has 2 N–H and O–H groups in total. The molecule has 15 heavy (non-hydrogen) atoms. The third kappa shape index (κ3) is 1.68. The summed E-state index contributed by atoms with van der Waals surface area (Å²) >= 11 is 0. The van der Waals surface area contributed by atoms with E-state index >= 15 is 0 Å². The minimum Gasteiger partial charge on any atom is -0.385 e. The van der Waals surface area contributed by atoms with Crippen molar-refractivity contribution in [2.75, 3.05) is 19.8 Å². The number of hydrogen-bond acceptors (Lipinski definition) is 3. The highest BCUT2D eigenvalue weighted by atomic mass is 16.5. The Hall–Kier alpha value is -1.54. The van der Waals surface area contributed by atoms with Gasteiger partial charge in [-0.2, -0.15) is 4.99 Å². The number of terminal acetylenes is 1. The van der Waals surface area contributed by atoms with E-state index in [-0.39, 0.29) is 24.5 Å². The molecule has 0 spiro atoms.